The lowest BCUT2D eigenvalue weighted by molar-refractivity contribution is -0.118. The monoisotopic (exact) mass is 405 g/mol. The van der Waals surface area contributed by atoms with E-state index in [1.54, 1.807) is 12.1 Å². The molecular formula is C19H20BrNO4. The molecule has 0 aliphatic heterocycles. The lowest BCUT2D eigenvalue weighted by atomic mass is 9.86. The molecule has 132 valence electrons. The topological polar surface area (TPSA) is 75.6 Å². The molecule has 0 atom stereocenters. The standard InChI is InChI=1S/C19H20BrNO4/c1-19(2,3)15-10-13(20)7-8-16(15)25-11-17(22)21-14-6-4-5-12(9-14)18(23)24/h4-10H,11H2,1-3H3,(H,21,22)(H,23,24). The zero-order chi connectivity index (χ0) is 18.6. The Morgan fingerprint density at radius 1 is 1.16 bits per heavy atom. The van der Waals surface area contributed by atoms with Gasteiger partial charge in [0.05, 0.1) is 5.56 Å². The quantitative estimate of drug-likeness (QED) is 0.769. The lowest BCUT2D eigenvalue weighted by Crippen LogP contribution is -2.22. The van der Waals surface area contributed by atoms with Crippen molar-refractivity contribution in [2.75, 3.05) is 11.9 Å². The molecule has 0 heterocycles. The van der Waals surface area contributed by atoms with Crippen LogP contribution in [-0.2, 0) is 10.2 Å². The highest BCUT2D eigenvalue weighted by Gasteiger charge is 2.20. The van der Waals surface area contributed by atoms with Gasteiger partial charge < -0.3 is 15.2 Å². The van der Waals surface area contributed by atoms with Crippen molar-refractivity contribution in [1.82, 2.24) is 0 Å². The van der Waals surface area contributed by atoms with Crippen LogP contribution < -0.4 is 10.1 Å². The predicted molar refractivity (Wildman–Crippen MR) is 100 cm³/mol. The SMILES string of the molecule is CC(C)(C)c1cc(Br)ccc1OCC(=O)Nc1cccc(C(=O)O)c1. The molecule has 0 saturated heterocycles. The number of carbonyl (C=O) groups excluding carboxylic acids is 1. The molecule has 0 bridgehead atoms. The number of benzene rings is 2. The van der Waals surface area contributed by atoms with Gasteiger partial charge in [-0.3, -0.25) is 4.79 Å². The van der Waals surface area contributed by atoms with Crippen molar-refractivity contribution < 1.29 is 19.4 Å². The maximum Gasteiger partial charge on any atom is 0.335 e. The third kappa shape index (κ3) is 5.32. The second kappa shape index (κ2) is 7.70. The molecule has 0 unspecified atom stereocenters. The lowest BCUT2D eigenvalue weighted by Gasteiger charge is -2.23. The molecule has 1 amide bonds. The van der Waals surface area contributed by atoms with Gasteiger partial charge in [-0.1, -0.05) is 42.8 Å². The number of carboxylic acids is 1. The number of aromatic carboxylic acids is 1. The molecule has 0 aliphatic rings. The summed E-state index contributed by atoms with van der Waals surface area (Å²) in [6, 6.07) is 11.7. The largest absolute Gasteiger partial charge is 0.483 e. The van der Waals surface area contributed by atoms with E-state index in [2.05, 4.69) is 42.0 Å². The molecule has 2 N–H and O–H groups in total. The maximum absolute atomic E-state index is 12.1. The molecule has 2 aromatic rings. The van der Waals surface area contributed by atoms with Crippen LogP contribution in [0.2, 0.25) is 0 Å². The Labute approximate surface area is 155 Å². The van der Waals surface area contributed by atoms with Crippen LogP contribution in [0, 0.1) is 0 Å². The van der Waals surface area contributed by atoms with Gasteiger partial charge in [-0.2, -0.15) is 0 Å². The first kappa shape index (κ1) is 19.0. The minimum absolute atomic E-state index is 0.113. The normalized spacial score (nSPS) is 11.0. The minimum atomic E-state index is -1.04. The highest BCUT2D eigenvalue weighted by Crippen LogP contribution is 2.33. The number of hydrogen-bond acceptors (Lipinski definition) is 3. The summed E-state index contributed by atoms with van der Waals surface area (Å²) >= 11 is 3.45. The molecule has 5 nitrogen and oxygen atoms in total. The van der Waals surface area contributed by atoms with Gasteiger partial charge >= 0.3 is 5.97 Å². The van der Waals surface area contributed by atoms with Gasteiger partial charge in [-0.25, -0.2) is 4.79 Å². The molecule has 0 saturated carbocycles. The molecule has 6 heteroatoms. The summed E-state index contributed by atoms with van der Waals surface area (Å²) in [4.78, 5) is 23.1. The van der Waals surface area contributed by atoms with Crippen molar-refractivity contribution in [1.29, 1.82) is 0 Å². The molecule has 0 radical (unpaired) electrons. The number of amides is 1. The summed E-state index contributed by atoms with van der Waals surface area (Å²) in [6.07, 6.45) is 0. The molecule has 2 aromatic carbocycles. The summed E-state index contributed by atoms with van der Waals surface area (Å²) in [7, 11) is 0. The molecule has 0 aliphatic carbocycles. The fraction of sp³-hybridized carbons (Fsp3) is 0.263. The Morgan fingerprint density at radius 2 is 1.88 bits per heavy atom. The van der Waals surface area contributed by atoms with Crippen molar-refractivity contribution in [2.24, 2.45) is 0 Å². The summed E-state index contributed by atoms with van der Waals surface area (Å²) < 4.78 is 6.63. The molecular weight excluding hydrogens is 386 g/mol. The number of rotatable bonds is 5. The molecule has 25 heavy (non-hydrogen) atoms. The van der Waals surface area contributed by atoms with Gasteiger partial charge in [-0.15, -0.1) is 0 Å². The van der Waals surface area contributed by atoms with Crippen molar-refractivity contribution >= 4 is 33.5 Å². The van der Waals surface area contributed by atoms with E-state index in [-0.39, 0.29) is 23.5 Å². The van der Waals surface area contributed by atoms with Crippen molar-refractivity contribution in [3.05, 3.63) is 58.1 Å². The van der Waals surface area contributed by atoms with E-state index in [0.29, 0.717) is 11.4 Å². The van der Waals surface area contributed by atoms with E-state index in [1.165, 1.54) is 12.1 Å². The van der Waals surface area contributed by atoms with Crippen molar-refractivity contribution in [3.63, 3.8) is 0 Å². The van der Waals surface area contributed by atoms with Crippen LogP contribution in [-0.4, -0.2) is 23.6 Å². The number of ether oxygens (including phenoxy) is 1. The molecule has 0 aromatic heterocycles. The van der Waals surface area contributed by atoms with Crippen LogP contribution in [0.1, 0.15) is 36.7 Å². The molecule has 0 fully saturated rings. The first-order valence-electron chi connectivity index (χ1n) is 7.73. The van der Waals surface area contributed by atoms with Crippen molar-refractivity contribution in [3.8, 4) is 5.75 Å². The van der Waals surface area contributed by atoms with Crippen LogP contribution in [0.3, 0.4) is 0 Å². The minimum Gasteiger partial charge on any atom is -0.483 e. The van der Waals surface area contributed by atoms with E-state index in [0.717, 1.165) is 10.0 Å². The average molecular weight is 406 g/mol. The zero-order valence-corrected chi connectivity index (χ0v) is 15.9. The number of carboxylic acid groups (broad SMARTS) is 1. The van der Waals surface area contributed by atoms with Gasteiger partial charge in [0.25, 0.3) is 5.91 Å². The molecule has 2 rings (SSSR count). The van der Waals surface area contributed by atoms with Gasteiger partial charge in [-0.05, 0) is 41.8 Å². The highest BCUT2D eigenvalue weighted by atomic mass is 79.9. The number of anilines is 1. The highest BCUT2D eigenvalue weighted by molar-refractivity contribution is 9.10. The van der Waals surface area contributed by atoms with Gasteiger partial charge in [0, 0.05) is 15.7 Å². The van der Waals surface area contributed by atoms with E-state index in [1.807, 2.05) is 18.2 Å². The van der Waals surface area contributed by atoms with Crippen LogP contribution in [0.4, 0.5) is 5.69 Å². The van der Waals surface area contributed by atoms with Gasteiger partial charge in [0.15, 0.2) is 6.61 Å². The van der Waals surface area contributed by atoms with Gasteiger partial charge in [0.1, 0.15) is 5.75 Å². The van der Waals surface area contributed by atoms with E-state index >= 15 is 0 Å². The number of hydrogen-bond donors (Lipinski definition) is 2. The first-order chi connectivity index (χ1) is 11.7. The zero-order valence-electron chi connectivity index (χ0n) is 14.3. The second-order valence-electron chi connectivity index (χ2n) is 6.61. The predicted octanol–water partition coefficient (Wildman–Crippen LogP) is 4.46. The Morgan fingerprint density at radius 3 is 2.52 bits per heavy atom. The van der Waals surface area contributed by atoms with Crippen LogP contribution in [0.15, 0.2) is 46.9 Å². The van der Waals surface area contributed by atoms with Gasteiger partial charge in [0.2, 0.25) is 0 Å². The Bertz CT molecular complexity index is 796. The van der Waals surface area contributed by atoms with Crippen LogP contribution >= 0.6 is 15.9 Å². The Kier molecular flexibility index (Phi) is 5.85. The third-order valence-electron chi connectivity index (χ3n) is 3.50. The summed E-state index contributed by atoms with van der Waals surface area (Å²) in [6.45, 7) is 6.04. The van der Waals surface area contributed by atoms with Crippen molar-refractivity contribution in [2.45, 2.75) is 26.2 Å². The van der Waals surface area contributed by atoms with E-state index < -0.39 is 5.97 Å². The first-order valence-corrected chi connectivity index (χ1v) is 8.52. The average Bonchev–Trinajstić information content (AvgIpc) is 2.53. The summed E-state index contributed by atoms with van der Waals surface area (Å²) in [5.74, 6) is -0.757. The fourth-order valence-electron chi connectivity index (χ4n) is 2.28. The summed E-state index contributed by atoms with van der Waals surface area (Å²) in [5, 5.41) is 11.6. The third-order valence-corrected chi connectivity index (χ3v) is 3.99. The van der Waals surface area contributed by atoms with Crippen LogP contribution in [0.25, 0.3) is 0 Å². The maximum atomic E-state index is 12.1. The number of halogens is 1. The van der Waals surface area contributed by atoms with E-state index in [9.17, 15) is 9.59 Å². The fourth-order valence-corrected chi connectivity index (χ4v) is 2.65. The number of nitrogens with one attached hydrogen (secondary N) is 1. The van der Waals surface area contributed by atoms with E-state index in [4.69, 9.17) is 9.84 Å². The Balaban J connectivity index is 2.06. The molecule has 0 spiro atoms. The Hall–Kier alpha value is -2.34. The van der Waals surface area contributed by atoms with Crippen LogP contribution in [0.5, 0.6) is 5.75 Å². The smallest absolute Gasteiger partial charge is 0.335 e. The number of carbonyl (C=O) groups is 2. The second-order valence-corrected chi connectivity index (χ2v) is 7.53. The summed E-state index contributed by atoms with van der Waals surface area (Å²) in [5.41, 5.74) is 1.38.